The Morgan fingerprint density at radius 1 is 1.33 bits per heavy atom. The Morgan fingerprint density at radius 2 is 2.00 bits per heavy atom. The van der Waals surface area contributed by atoms with Gasteiger partial charge in [0.05, 0.1) is 13.2 Å². The SMILES string of the molecule is CCOC(=O)CNC(Cc1ccccc1)C(=O)O. The largest absolute Gasteiger partial charge is 0.480 e. The average Bonchev–Trinajstić information content (AvgIpc) is 2.35. The van der Waals surface area contributed by atoms with Crippen molar-refractivity contribution >= 4 is 11.9 Å². The maximum absolute atomic E-state index is 11.1. The summed E-state index contributed by atoms with van der Waals surface area (Å²) in [6, 6.07) is 8.46. The highest BCUT2D eigenvalue weighted by atomic mass is 16.5. The smallest absolute Gasteiger partial charge is 0.321 e. The second-order valence-electron chi connectivity index (χ2n) is 3.77. The van der Waals surface area contributed by atoms with E-state index < -0.39 is 18.0 Å². The number of carbonyl (C=O) groups is 2. The van der Waals surface area contributed by atoms with Crippen LogP contribution in [0, 0.1) is 0 Å². The fourth-order valence-electron chi connectivity index (χ4n) is 1.52. The molecule has 1 aromatic carbocycles. The third kappa shape index (κ3) is 4.97. The summed E-state index contributed by atoms with van der Waals surface area (Å²) in [7, 11) is 0. The molecule has 98 valence electrons. The molecule has 0 aliphatic rings. The van der Waals surface area contributed by atoms with E-state index in [1.54, 1.807) is 6.92 Å². The van der Waals surface area contributed by atoms with E-state index in [2.05, 4.69) is 5.32 Å². The molecule has 0 amide bonds. The van der Waals surface area contributed by atoms with Crippen molar-refractivity contribution in [1.29, 1.82) is 0 Å². The number of ether oxygens (including phenoxy) is 1. The Balaban J connectivity index is 2.51. The molecule has 2 N–H and O–H groups in total. The van der Waals surface area contributed by atoms with Crippen molar-refractivity contribution in [2.24, 2.45) is 0 Å². The molecule has 0 bridgehead atoms. The van der Waals surface area contributed by atoms with Crippen molar-refractivity contribution in [3.05, 3.63) is 35.9 Å². The van der Waals surface area contributed by atoms with Crippen LogP contribution < -0.4 is 5.32 Å². The molecule has 1 unspecified atom stereocenters. The molecule has 0 fully saturated rings. The number of carboxylic acid groups (broad SMARTS) is 1. The van der Waals surface area contributed by atoms with Crippen LogP contribution in [0.2, 0.25) is 0 Å². The first-order chi connectivity index (χ1) is 8.63. The van der Waals surface area contributed by atoms with E-state index >= 15 is 0 Å². The van der Waals surface area contributed by atoms with Gasteiger partial charge in [0.15, 0.2) is 0 Å². The minimum atomic E-state index is -0.983. The molecule has 0 saturated heterocycles. The zero-order valence-electron chi connectivity index (χ0n) is 10.3. The monoisotopic (exact) mass is 251 g/mol. The van der Waals surface area contributed by atoms with Crippen LogP contribution in [0.1, 0.15) is 12.5 Å². The standard InChI is InChI=1S/C13H17NO4/c1-2-18-12(15)9-14-11(13(16)17)8-10-6-4-3-5-7-10/h3-7,11,14H,2,8-9H2,1H3,(H,16,17). The van der Waals surface area contributed by atoms with Crippen LogP contribution in [-0.2, 0) is 20.7 Å². The van der Waals surface area contributed by atoms with E-state index in [1.807, 2.05) is 30.3 Å². The minimum Gasteiger partial charge on any atom is -0.480 e. The normalized spacial score (nSPS) is 11.8. The van der Waals surface area contributed by atoms with Crippen molar-refractivity contribution < 1.29 is 19.4 Å². The van der Waals surface area contributed by atoms with Gasteiger partial charge in [0.25, 0.3) is 0 Å². The first kappa shape index (κ1) is 14.2. The van der Waals surface area contributed by atoms with Crippen LogP contribution in [0.15, 0.2) is 30.3 Å². The van der Waals surface area contributed by atoms with Gasteiger partial charge in [-0.2, -0.15) is 0 Å². The Kier molecular flexibility index (Phi) is 5.87. The van der Waals surface area contributed by atoms with E-state index in [4.69, 9.17) is 9.84 Å². The second kappa shape index (κ2) is 7.45. The van der Waals surface area contributed by atoms with E-state index in [-0.39, 0.29) is 13.2 Å². The van der Waals surface area contributed by atoms with Gasteiger partial charge in [-0.1, -0.05) is 30.3 Å². The highest BCUT2D eigenvalue weighted by Gasteiger charge is 2.18. The first-order valence-corrected chi connectivity index (χ1v) is 5.79. The quantitative estimate of drug-likeness (QED) is 0.702. The molecule has 5 nitrogen and oxygen atoms in total. The lowest BCUT2D eigenvalue weighted by atomic mass is 10.1. The first-order valence-electron chi connectivity index (χ1n) is 5.79. The van der Waals surface area contributed by atoms with Gasteiger partial charge in [-0.05, 0) is 18.9 Å². The van der Waals surface area contributed by atoms with Gasteiger partial charge in [0.2, 0.25) is 0 Å². The van der Waals surface area contributed by atoms with Crippen LogP contribution >= 0.6 is 0 Å². The number of carbonyl (C=O) groups excluding carboxylic acids is 1. The zero-order valence-corrected chi connectivity index (χ0v) is 10.3. The third-order valence-corrected chi connectivity index (χ3v) is 2.38. The van der Waals surface area contributed by atoms with Gasteiger partial charge < -0.3 is 9.84 Å². The topological polar surface area (TPSA) is 75.6 Å². The predicted octanol–water partition coefficient (Wildman–Crippen LogP) is 0.835. The Labute approximate surface area is 106 Å². The Hall–Kier alpha value is -1.88. The number of hydrogen-bond acceptors (Lipinski definition) is 4. The van der Waals surface area contributed by atoms with Crippen LogP contribution in [0.4, 0.5) is 0 Å². The fraction of sp³-hybridized carbons (Fsp3) is 0.385. The molecular formula is C13H17NO4. The van der Waals surface area contributed by atoms with E-state index in [9.17, 15) is 9.59 Å². The fourth-order valence-corrected chi connectivity index (χ4v) is 1.52. The summed E-state index contributed by atoms with van der Waals surface area (Å²) in [4.78, 5) is 22.2. The molecule has 1 rings (SSSR count). The summed E-state index contributed by atoms with van der Waals surface area (Å²) >= 11 is 0. The molecule has 0 aromatic heterocycles. The number of carboxylic acids is 1. The number of esters is 1. The van der Waals surface area contributed by atoms with Crippen LogP contribution in [0.5, 0.6) is 0 Å². The highest BCUT2D eigenvalue weighted by molar-refractivity contribution is 5.76. The Bertz CT molecular complexity index is 391. The van der Waals surface area contributed by atoms with Crippen molar-refractivity contribution in [2.45, 2.75) is 19.4 Å². The van der Waals surface area contributed by atoms with Crippen LogP contribution in [0.25, 0.3) is 0 Å². The van der Waals surface area contributed by atoms with Crippen LogP contribution in [-0.4, -0.2) is 36.2 Å². The van der Waals surface area contributed by atoms with Gasteiger partial charge in [-0.15, -0.1) is 0 Å². The molecule has 0 heterocycles. The minimum absolute atomic E-state index is 0.0996. The lowest BCUT2D eigenvalue weighted by Gasteiger charge is -2.13. The second-order valence-corrected chi connectivity index (χ2v) is 3.77. The summed E-state index contributed by atoms with van der Waals surface area (Å²) in [5, 5.41) is 11.7. The Morgan fingerprint density at radius 3 is 2.56 bits per heavy atom. The summed E-state index contributed by atoms with van der Waals surface area (Å²) in [5.41, 5.74) is 0.904. The summed E-state index contributed by atoms with van der Waals surface area (Å²) in [5.74, 6) is -1.43. The highest BCUT2D eigenvalue weighted by Crippen LogP contribution is 2.03. The van der Waals surface area contributed by atoms with Crippen molar-refractivity contribution in [3.8, 4) is 0 Å². The van der Waals surface area contributed by atoms with Crippen molar-refractivity contribution in [1.82, 2.24) is 5.32 Å². The zero-order chi connectivity index (χ0) is 13.4. The number of benzene rings is 1. The van der Waals surface area contributed by atoms with E-state index in [0.717, 1.165) is 5.56 Å². The van der Waals surface area contributed by atoms with Gasteiger partial charge in [0.1, 0.15) is 6.04 Å². The molecule has 5 heteroatoms. The van der Waals surface area contributed by atoms with Crippen molar-refractivity contribution in [3.63, 3.8) is 0 Å². The molecule has 18 heavy (non-hydrogen) atoms. The molecule has 0 aliphatic carbocycles. The van der Waals surface area contributed by atoms with Crippen molar-refractivity contribution in [2.75, 3.05) is 13.2 Å². The molecule has 1 aromatic rings. The molecule has 1 atom stereocenters. The molecule has 0 aliphatic heterocycles. The molecular weight excluding hydrogens is 234 g/mol. The lowest BCUT2D eigenvalue weighted by molar-refractivity contribution is -0.143. The average molecular weight is 251 g/mol. The lowest BCUT2D eigenvalue weighted by Crippen LogP contribution is -2.41. The number of rotatable bonds is 7. The van der Waals surface area contributed by atoms with Crippen LogP contribution in [0.3, 0.4) is 0 Å². The third-order valence-electron chi connectivity index (χ3n) is 2.38. The summed E-state index contributed by atoms with van der Waals surface area (Å²) in [6.45, 7) is 1.89. The van der Waals surface area contributed by atoms with Gasteiger partial charge in [0, 0.05) is 0 Å². The number of aliphatic carboxylic acids is 1. The summed E-state index contributed by atoms with van der Waals surface area (Å²) < 4.78 is 4.73. The molecule has 0 radical (unpaired) electrons. The molecule has 0 spiro atoms. The maximum Gasteiger partial charge on any atom is 0.321 e. The van der Waals surface area contributed by atoms with E-state index in [1.165, 1.54) is 0 Å². The molecule has 0 saturated carbocycles. The number of nitrogens with one attached hydrogen (secondary N) is 1. The maximum atomic E-state index is 11.1. The van der Waals surface area contributed by atoms with Gasteiger partial charge in [-0.25, -0.2) is 0 Å². The van der Waals surface area contributed by atoms with Gasteiger partial charge >= 0.3 is 11.9 Å². The van der Waals surface area contributed by atoms with E-state index in [0.29, 0.717) is 6.42 Å². The summed E-state index contributed by atoms with van der Waals surface area (Å²) in [6.07, 6.45) is 0.329. The predicted molar refractivity (Wildman–Crippen MR) is 66.2 cm³/mol. The van der Waals surface area contributed by atoms with Gasteiger partial charge in [-0.3, -0.25) is 14.9 Å². The number of hydrogen-bond donors (Lipinski definition) is 2.